The average Bonchev–Trinajstić information content (AvgIpc) is 3.22. The Balaban J connectivity index is 1.52. The normalized spacial score (nSPS) is 14.6. The zero-order valence-corrected chi connectivity index (χ0v) is 22.6. The lowest BCUT2D eigenvalue weighted by Crippen LogP contribution is -2.23. The van der Waals surface area contributed by atoms with Gasteiger partial charge in [0.15, 0.2) is 11.5 Å². The highest BCUT2D eigenvalue weighted by Crippen LogP contribution is 2.38. The van der Waals surface area contributed by atoms with Crippen LogP contribution in [0.3, 0.4) is 0 Å². The van der Waals surface area contributed by atoms with E-state index in [-0.39, 0.29) is 10.6 Å². The maximum atomic E-state index is 12.9. The molecule has 0 bridgehead atoms. The van der Waals surface area contributed by atoms with Crippen molar-refractivity contribution in [3.8, 4) is 22.8 Å². The standard InChI is InChI=1S/C27H28BrN3O4S/c1-18-8-12-22(13-9-18)36(32,33)35-23-14-10-19(16-24(23)34-2)26-27(29-21-6-4-3-5-7-21)31-17-20(28)11-15-25(31)30-26/h8-17,21,29H,3-7H2,1-2H3. The van der Waals surface area contributed by atoms with Crippen LogP contribution in [-0.4, -0.2) is 31.0 Å². The van der Waals surface area contributed by atoms with Crippen molar-refractivity contribution in [2.75, 3.05) is 12.4 Å². The molecule has 0 spiro atoms. The van der Waals surface area contributed by atoms with Crippen molar-refractivity contribution in [2.45, 2.75) is 50.0 Å². The van der Waals surface area contributed by atoms with Crippen molar-refractivity contribution in [3.63, 3.8) is 0 Å². The number of nitrogens with zero attached hydrogens (tertiary/aromatic N) is 2. The minimum atomic E-state index is -4.01. The van der Waals surface area contributed by atoms with Gasteiger partial charge in [-0.1, -0.05) is 37.0 Å². The number of aryl methyl sites for hydroxylation is 1. The van der Waals surface area contributed by atoms with E-state index >= 15 is 0 Å². The third-order valence-electron chi connectivity index (χ3n) is 6.47. The van der Waals surface area contributed by atoms with E-state index < -0.39 is 10.1 Å². The predicted molar refractivity (Wildman–Crippen MR) is 144 cm³/mol. The van der Waals surface area contributed by atoms with E-state index in [9.17, 15) is 8.42 Å². The van der Waals surface area contributed by atoms with Crippen LogP contribution in [0.1, 0.15) is 37.7 Å². The monoisotopic (exact) mass is 569 g/mol. The van der Waals surface area contributed by atoms with E-state index in [4.69, 9.17) is 13.9 Å². The van der Waals surface area contributed by atoms with Gasteiger partial charge in [-0.3, -0.25) is 4.40 Å². The summed E-state index contributed by atoms with van der Waals surface area (Å²) < 4.78 is 39.7. The highest BCUT2D eigenvalue weighted by atomic mass is 79.9. The zero-order chi connectivity index (χ0) is 25.3. The second kappa shape index (κ2) is 10.1. The van der Waals surface area contributed by atoms with Crippen LogP contribution in [0.15, 0.2) is 70.2 Å². The van der Waals surface area contributed by atoms with Crippen LogP contribution in [0, 0.1) is 6.92 Å². The summed E-state index contributed by atoms with van der Waals surface area (Å²) in [4.78, 5) is 4.98. The molecule has 1 fully saturated rings. The zero-order valence-electron chi connectivity index (χ0n) is 20.2. The molecular formula is C27H28BrN3O4S. The van der Waals surface area contributed by atoms with Gasteiger partial charge in [-0.25, -0.2) is 4.98 Å². The Morgan fingerprint density at radius 1 is 1.00 bits per heavy atom. The number of anilines is 1. The first-order valence-corrected chi connectivity index (χ1v) is 14.2. The summed E-state index contributed by atoms with van der Waals surface area (Å²) >= 11 is 3.57. The van der Waals surface area contributed by atoms with Crippen molar-refractivity contribution in [2.24, 2.45) is 0 Å². The van der Waals surface area contributed by atoms with E-state index in [1.165, 1.54) is 38.5 Å². The molecule has 0 unspecified atom stereocenters. The summed E-state index contributed by atoms with van der Waals surface area (Å²) in [7, 11) is -2.52. The molecule has 2 heterocycles. The number of imidazole rings is 1. The molecule has 7 nitrogen and oxygen atoms in total. The molecule has 0 radical (unpaired) electrons. The molecule has 188 valence electrons. The Kier molecular flexibility index (Phi) is 6.94. The lowest BCUT2D eigenvalue weighted by molar-refractivity contribution is 0.391. The largest absolute Gasteiger partial charge is 0.493 e. The molecule has 36 heavy (non-hydrogen) atoms. The molecule has 4 aromatic rings. The topological polar surface area (TPSA) is 81.9 Å². The molecule has 5 rings (SSSR count). The van der Waals surface area contributed by atoms with Crippen LogP contribution >= 0.6 is 15.9 Å². The van der Waals surface area contributed by atoms with Crippen LogP contribution in [0.25, 0.3) is 16.9 Å². The molecule has 0 aliphatic heterocycles. The Bertz CT molecular complexity index is 1490. The highest BCUT2D eigenvalue weighted by Gasteiger charge is 2.23. The SMILES string of the molecule is COc1cc(-c2nc3ccc(Br)cn3c2NC2CCCCC2)ccc1OS(=O)(=O)c1ccc(C)cc1. The van der Waals surface area contributed by atoms with Crippen LogP contribution in [-0.2, 0) is 10.1 Å². The fourth-order valence-electron chi connectivity index (χ4n) is 4.55. The summed E-state index contributed by atoms with van der Waals surface area (Å²) in [6.45, 7) is 1.90. The highest BCUT2D eigenvalue weighted by molar-refractivity contribution is 9.10. The van der Waals surface area contributed by atoms with E-state index in [0.29, 0.717) is 11.8 Å². The molecule has 1 aliphatic carbocycles. The minimum absolute atomic E-state index is 0.0872. The number of rotatable bonds is 7. The van der Waals surface area contributed by atoms with Gasteiger partial charge in [-0.2, -0.15) is 8.42 Å². The fraction of sp³-hybridized carbons (Fsp3) is 0.296. The van der Waals surface area contributed by atoms with E-state index in [1.54, 1.807) is 24.3 Å². The van der Waals surface area contributed by atoms with Gasteiger partial charge in [-0.15, -0.1) is 0 Å². The van der Waals surface area contributed by atoms with Gasteiger partial charge < -0.3 is 14.2 Å². The number of methoxy groups -OCH3 is 1. The van der Waals surface area contributed by atoms with Crippen molar-refractivity contribution in [1.29, 1.82) is 0 Å². The van der Waals surface area contributed by atoms with Crippen LogP contribution in [0.4, 0.5) is 5.82 Å². The van der Waals surface area contributed by atoms with Gasteiger partial charge in [0, 0.05) is 22.3 Å². The summed E-state index contributed by atoms with van der Waals surface area (Å²) in [6, 6.07) is 16.0. The lowest BCUT2D eigenvalue weighted by Gasteiger charge is -2.24. The van der Waals surface area contributed by atoms with Crippen LogP contribution < -0.4 is 14.2 Å². The quantitative estimate of drug-likeness (QED) is 0.253. The smallest absolute Gasteiger partial charge is 0.339 e. The van der Waals surface area contributed by atoms with Crippen LogP contribution in [0.5, 0.6) is 11.5 Å². The second-order valence-electron chi connectivity index (χ2n) is 9.08. The fourth-order valence-corrected chi connectivity index (χ4v) is 5.83. The number of fused-ring (bicyclic) bond motifs is 1. The number of benzene rings is 2. The summed E-state index contributed by atoms with van der Waals surface area (Å²) in [5.74, 6) is 1.33. The van der Waals surface area contributed by atoms with Gasteiger partial charge in [0.2, 0.25) is 0 Å². The first-order chi connectivity index (χ1) is 17.3. The van der Waals surface area contributed by atoms with Gasteiger partial charge >= 0.3 is 10.1 Å². The Labute approximate surface area is 219 Å². The maximum absolute atomic E-state index is 12.9. The summed E-state index contributed by atoms with van der Waals surface area (Å²) in [6.07, 6.45) is 7.93. The van der Waals surface area contributed by atoms with E-state index in [2.05, 4.69) is 21.2 Å². The van der Waals surface area contributed by atoms with E-state index in [1.807, 2.05) is 35.7 Å². The predicted octanol–water partition coefficient (Wildman–Crippen LogP) is 6.59. The summed E-state index contributed by atoms with van der Waals surface area (Å²) in [5.41, 5.74) is 3.34. The number of halogens is 1. The first-order valence-electron chi connectivity index (χ1n) is 12.0. The van der Waals surface area contributed by atoms with E-state index in [0.717, 1.165) is 45.6 Å². The molecule has 0 amide bonds. The minimum Gasteiger partial charge on any atom is -0.493 e. The average molecular weight is 571 g/mol. The number of hydrogen-bond donors (Lipinski definition) is 1. The van der Waals surface area contributed by atoms with Gasteiger partial charge in [0.1, 0.15) is 22.1 Å². The molecule has 1 N–H and O–H groups in total. The van der Waals surface area contributed by atoms with Crippen molar-refractivity contribution >= 4 is 37.5 Å². The number of aromatic nitrogens is 2. The molecule has 0 saturated heterocycles. The number of ether oxygens (including phenoxy) is 1. The number of nitrogens with one attached hydrogen (secondary N) is 1. The Morgan fingerprint density at radius 2 is 1.75 bits per heavy atom. The summed E-state index contributed by atoms with van der Waals surface area (Å²) in [5, 5.41) is 3.73. The Hall–Kier alpha value is -3.04. The van der Waals surface area contributed by atoms with Gasteiger partial charge in [0.05, 0.1) is 7.11 Å². The molecule has 1 aliphatic rings. The van der Waals surface area contributed by atoms with Gasteiger partial charge in [0.25, 0.3) is 0 Å². The lowest BCUT2D eigenvalue weighted by atomic mass is 9.95. The van der Waals surface area contributed by atoms with Crippen molar-refractivity contribution < 1.29 is 17.3 Å². The third kappa shape index (κ3) is 5.08. The molecule has 1 saturated carbocycles. The molecule has 2 aromatic heterocycles. The number of pyridine rings is 1. The van der Waals surface area contributed by atoms with Crippen LogP contribution in [0.2, 0.25) is 0 Å². The molecule has 9 heteroatoms. The number of hydrogen-bond acceptors (Lipinski definition) is 6. The molecular weight excluding hydrogens is 542 g/mol. The van der Waals surface area contributed by atoms with Crippen molar-refractivity contribution in [3.05, 3.63) is 70.8 Å². The van der Waals surface area contributed by atoms with Crippen molar-refractivity contribution in [1.82, 2.24) is 9.38 Å². The Morgan fingerprint density at radius 3 is 2.47 bits per heavy atom. The molecule has 2 aromatic carbocycles. The second-order valence-corrected chi connectivity index (χ2v) is 11.5. The first kappa shape index (κ1) is 24.6. The van der Waals surface area contributed by atoms with Gasteiger partial charge in [-0.05, 0) is 78.2 Å². The maximum Gasteiger partial charge on any atom is 0.339 e. The third-order valence-corrected chi connectivity index (χ3v) is 8.19. The molecule has 0 atom stereocenters.